The summed E-state index contributed by atoms with van der Waals surface area (Å²) in [5.41, 5.74) is 0.803. The van der Waals surface area contributed by atoms with Gasteiger partial charge in [0.1, 0.15) is 0 Å². The Labute approximate surface area is 84.0 Å². The molecule has 1 rings (SSSR count). The maximum absolute atomic E-state index is 10.3. The first-order chi connectivity index (χ1) is 6.39. The van der Waals surface area contributed by atoms with Crippen LogP contribution in [0.2, 0.25) is 0 Å². The van der Waals surface area contributed by atoms with Gasteiger partial charge in [-0.3, -0.25) is 5.21 Å². The summed E-state index contributed by atoms with van der Waals surface area (Å²) in [6, 6.07) is 0. The molecule has 0 fully saturated rings. The van der Waals surface area contributed by atoms with E-state index < -0.39 is 0 Å². The highest BCUT2D eigenvalue weighted by molar-refractivity contribution is 5.78. The second-order valence-electron chi connectivity index (χ2n) is 4.27. The van der Waals surface area contributed by atoms with E-state index in [0.29, 0.717) is 0 Å². The molecular weight excluding hydrogens is 180 g/mol. The first-order valence-corrected chi connectivity index (χ1v) is 4.55. The van der Waals surface area contributed by atoms with Gasteiger partial charge in [-0.25, -0.2) is 0 Å². The summed E-state index contributed by atoms with van der Waals surface area (Å²) in [5.74, 6) is 0. The van der Waals surface area contributed by atoms with Crippen LogP contribution in [0.25, 0.3) is 0 Å². The van der Waals surface area contributed by atoms with Gasteiger partial charge in [-0.2, -0.15) is 0 Å². The molecule has 0 saturated heterocycles. The molecule has 1 N–H and O–H groups in total. The van der Waals surface area contributed by atoms with Gasteiger partial charge < -0.3 is 10.1 Å². The number of allylic oxidation sites excluding steroid dienone is 2. The lowest BCUT2D eigenvalue weighted by Crippen LogP contribution is -2.38. The van der Waals surface area contributed by atoms with Crippen molar-refractivity contribution in [2.24, 2.45) is 0 Å². The Balaban J connectivity index is 2.67. The predicted molar refractivity (Wildman–Crippen MR) is 55.2 cm³/mol. The van der Waals surface area contributed by atoms with Gasteiger partial charge in [0.15, 0.2) is 0 Å². The smallest absolute Gasteiger partial charge is 0.239 e. The Morgan fingerprint density at radius 1 is 1.57 bits per heavy atom. The average molecular weight is 196 g/mol. The van der Waals surface area contributed by atoms with Crippen LogP contribution in [0.3, 0.4) is 0 Å². The lowest BCUT2D eigenvalue weighted by Gasteiger charge is -2.35. The third-order valence-electron chi connectivity index (χ3n) is 2.09. The van der Waals surface area contributed by atoms with E-state index in [1.807, 2.05) is 12.3 Å². The Bertz CT molecular complexity index is 294. The van der Waals surface area contributed by atoms with Crippen LogP contribution in [-0.2, 0) is 0 Å². The largest absolute Gasteiger partial charge is 0.418 e. The van der Waals surface area contributed by atoms with E-state index in [1.165, 1.54) is 0 Å². The normalized spacial score (nSPS) is 18.4. The summed E-state index contributed by atoms with van der Waals surface area (Å²) < 4.78 is 0. The highest BCUT2D eigenvalue weighted by atomic mass is 16.8. The first kappa shape index (κ1) is 10.6. The van der Waals surface area contributed by atoms with Gasteiger partial charge in [-0.05, 0) is 26.8 Å². The van der Waals surface area contributed by atoms with Crippen LogP contribution >= 0.6 is 0 Å². The van der Waals surface area contributed by atoms with Gasteiger partial charge in [0.05, 0.1) is 0 Å². The monoisotopic (exact) mass is 196 g/mol. The van der Waals surface area contributed by atoms with E-state index in [1.54, 1.807) is 6.08 Å². The van der Waals surface area contributed by atoms with Crippen LogP contribution in [-0.4, -0.2) is 33.3 Å². The van der Waals surface area contributed by atoms with Crippen LogP contribution in [0, 0.1) is 5.21 Å². The zero-order valence-electron chi connectivity index (χ0n) is 8.77. The molecule has 0 amide bonds. The standard InChI is InChI=1S/C10H16N2O2/c1-10(2,3)11-6-4-9(5-7-11)8-12(13)14/h4-6,8H,7H2,1-3H3,(H,13,14). The molecule has 0 aromatic carbocycles. The minimum Gasteiger partial charge on any atom is -0.418 e. The second-order valence-corrected chi connectivity index (χ2v) is 4.27. The molecule has 1 aliphatic rings. The Kier molecular flexibility index (Phi) is 2.84. The van der Waals surface area contributed by atoms with Gasteiger partial charge in [0, 0.05) is 28.8 Å². The molecule has 4 nitrogen and oxygen atoms in total. The van der Waals surface area contributed by atoms with Crippen molar-refractivity contribution in [3.05, 3.63) is 29.1 Å². The van der Waals surface area contributed by atoms with Crippen molar-refractivity contribution in [2.45, 2.75) is 26.3 Å². The molecule has 0 aromatic rings. The van der Waals surface area contributed by atoms with E-state index >= 15 is 0 Å². The van der Waals surface area contributed by atoms with Crippen molar-refractivity contribution in [3.8, 4) is 0 Å². The van der Waals surface area contributed by atoms with Gasteiger partial charge in [-0.15, -0.1) is 0 Å². The topological polar surface area (TPSA) is 49.5 Å². The lowest BCUT2D eigenvalue weighted by molar-refractivity contribution is -0.722. The van der Waals surface area contributed by atoms with Gasteiger partial charge in [0.2, 0.25) is 6.21 Å². The van der Waals surface area contributed by atoms with Gasteiger partial charge in [-0.1, -0.05) is 6.08 Å². The molecule has 0 radical (unpaired) electrons. The molecule has 78 valence electrons. The maximum Gasteiger partial charge on any atom is 0.239 e. The second kappa shape index (κ2) is 3.74. The molecule has 0 spiro atoms. The fourth-order valence-electron chi connectivity index (χ4n) is 1.23. The summed E-state index contributed by atoms with van der Waals surface area (Å²) in [6.07, 6.45) is 6.76. The zero-order chi connectivity index (χ0) is 10.8. The highest BCUT2D eigenvalue weighted by Crippen LogP contribution is 2.17. The van der Waals surface area contributed by atoms with Crippen LogP contribution in [0.15, 0.2) is 23.9 Å². The highest BCUT2D eigenvalue weighted by Gasteiger charge is 2.18. The van der Waals surface area contributed by atoms with Crippen molar-refractivity contribution in [1.29, 1.82) is 0 Å². The third-order valence-corrected chi connectivity index (χ3v) is 2.09. The molecular formula is C10H16N2O2. The Morgan fingerprint density at radius 3 is 2.57 bits per heavy atom. The molecule has 14 heavy (non-hydrogen) atoms. The molecule has 4 heteroatoms. The molecule has 0 unspecified atom stereocenters. The van der Waals surface area contributed by atoms with Crippen molar-refractivity contribution in [1.82, 2.24) is 4.90 Å². The maximum atomic E-state index is 10.3. The molecule has 1 aliphatic heterocycles. The number of hydrogen-bond donors (Lipinski definition) is 1. The Morgan fingerprint density at radius 2 is 2.21 bits per heavy atom. The summed E-state index contributed by atoms with van der Waals surface area (Å²) >= 11 is 0. The molecule has 0 bridgehead atoms. The quantitative estimate of drug-likeness (QED) is 0.299. The van der Waals surface area contributed by atoms with Crippen molar-refractivity contribution < 1.29 is 10.1 Å². The summed E-state index contributed by atoms with van der Waals surface area (Å²) in [5, 5.41) is 18.8. The van der Waals surface area contributed by atoms with Crippen LogP contribution in [0.4, 0.5) is 0 Å². The molecule has 0 atom stereocenters. The van der Waals surface area contributed by atoms with E-state index in [2.05, 4.69) is 25.7 Å². The lowest BCUT2D eigenvalue weighted by atomic mass is 10.0. The number of rotatable bonds is 1. The van der Waals surface area contributed by atoms with Crippen LogP contribution < -0.4 is 0 Å². The van der Waals surface area contributed by atoms with Crippen molar-refractivity contribution >= 4 is 6.21 Å². The van der Waals surface area contributed by atoms with E-state index in [4.69, 9.17) is 5.21 Å². The average Bonchev–Trinajstić information content (AvgIpc) is 2.02. The zero-order valence-corrected chi connectivity index (χ0v) is 8.77. The molecule has 0 aromatic heterocycles. The van der Waals surface area contributed by atoms with E-state index in [-0.39, 0.29) is 10.4 Å². The van der Waals surface area contributed by atoms with Crippen molar-refractivity contribution in [2.75, 3.05) is 6.54 Å². The third kappa shape index (κ3) is 2.80. The molecule has 0 aliphatic carbocycles. The first-order valence-electron chi connectivity index (χ1n) is 4.55. The minimum atomic E-state index is -0.178. The summed E-state index contributed by atoms with van der Waals surface area (Å²) in [4.78, 5) is 1.97. The number of hydrogen-bond acceptors (Lipinski definition) is 3. The molecule has 0 saturated carbocycles. The SMILES string of the molecule is CC(C)(C)N1C=CC(C=[N+]([O-])O)=CC1. The number of nitrogens with zero attached hydrogens (tertiary/aromatic N) is 2. The van der Waals surface area contributed by atoms with Gasteiger partial charge in [0.25, 0.3) is 0 Å². The van der Waals surface area contributed by atoms with Crippen molar-refractivity contribution in [3.63, 3.8) is 0 Å². The summed E-state index contributed by atoms with van der Waals surface area (Å²) in [6.45, 7) is 7.10. The fraction of sp³-hybridized carbons (Fsp3) is 0.500. The minimum absolute atomic E-state index is 0.0783. The predicted octanol–water partition coefficient (Wildman–Crippen LogP) is 1.51. The Hall–Kier alpha value is -1.45. The van der Waals surface area contributed by atoms with Crippen LogP contribution in [0.1, 0.15) is 20.8 Å². The molecule has 1 heterocycles. The summed E-state index contributed by atoms with van der Waals surface area (Å²) in [7, 11) is 0. The van der Waals surface area contributed by atoms with E-state index in [9.17, 15) is 5.21 Å². The van der Waals surface area contributed by atoms with Gasteiger partial charge >= 0.3 is 0 Å². The van der Waals surface area contributed by atoms with Crippen LogP contribution in [0.5, 0.6) is 0 Å². The van der Waals surface area contributed by atoms with E-state index in [0.717, 1.165) is 18.3 Å². The fourth-order valence-corrected chi connectivity index (χ4v) is 1.23.